The van der Waals surface area contributed by atoms with Gasteiger partial charge in [0.25, 0.3) is 0 Å². The van der Waals surface area contributed by atoms with E-state index in [1.807, 2.05) is 26.0 Å². The Morgan fingerprint density at radius 1 is 1.00 bits per heavy atom. The molecule has 3 rings (SSSR count). The molecule has 0 spiro atoms. The van der Waals surface area contributed by atoms with Gasteiger partial charge in [-0.05, 0) is 55.7 Å². The molecule has 8 heteroatoms. The van der Waals surface area contributed by atoms with Gasteiger partial charge in [-0.2, -0.15) is 0 Å². The zero-order chi connectivity index (χ0) is 23.6. The number of hydrogen-bond acceptors (Lipinski definition) is 8. The summed E-state index contributed by atoms with van der Waals surface area (Å²) >= 11 is 0. The van der Waals surface area contributed by atoms with E-state index in [1.165, 1.54) is 0 Å². The quantitative estimate of drug-likeness (QED) is 0.353. The lowest BCUT2D eigenvalue weighted by Gasteiger charge is -2.47. The van der Waals surface area contributed by atoms with Crippen LogP contribution in [0.25, 0.3) is 0 Å². The van der Waals surface area contributed by atoms with E-state index in [0.29, 0.717) is 25.7 Å². The monoisotopic (exact) mass is 454 g/mol. The maximum atomic E-state index is 11.0. The van der Waals surface area contributed by atoms with Gasteiger partial charge in [0.15, 0.2) is 0 Å². The van der Waals surface area contributed by atoms with Gasteiger partial charge in [0.05, 0.1) is 37.1 Å². The minimum atomic E-state index is -1.31. The first-order valence-electron chi connectivity index (χ1n) is 11.6. The summed E-state index contributed by atoms with van der Waals surface area (Å²) in [6, 6.07) is 5.57. The Labute approximate surface area is 189 Å². The fourth-order valence-electron chi connectivity index (χ4n) is 4.88. The highest BCUT2D eigenvalue weighted by molar-refractivity contribution is 5.35. The molecular formula is C24H38O8. The molecule has 0 bridgehead atoms. The Hall–Kier alpha value is -1.26. The molecule has 0 aromatic heterocycles. The maximum absolute atomic E-state index is 11.0. The van der Waals surface area contributed by atoms with Gasteiger partial charge in [-0.15, -0.1) is 0 Å². The SMILES string of the molecule is Cc1ccc(CCCC2OC(CO)C(C)C(OC3CC(C)C(O)C(O)C3O)C2O)cc1O. The van der Waals surface area contributed by atoms with Crippen LogP contribution in [0, 0.1) is 18.8 Å². The van der Waals surface area contributed by atoms with Gasteiger partial charge in [0.1, 0.15) is 24.1 Å². The normalized spacial score (nSPS) is 40.4. The van der Waals surface area contributed by atoms with Crippen LogP contribution >= 0.6 is 0 Å². The lowest BCUT2D eigenvalue weighted by Crippen LogP contribution is -2.60. The third-order valence-corrected chi connectivity index (χ3v) is 7.18. The standard InChI is InChI=1S/C24H38O8/c1-12-7-8-15(10-16(12)26)5-4-6-17-22(29)24(14(3)19(11-25)31-17)32-18-9-13(2)20(27)23(30)21(18)28/h7-8,10,13-14,17-30H,4-6,9,11H2,1-3H3. The maximum Gasteiger partial charge on any atom is 0.118 e. The first-order valence-corrected chi connectivity index (χ1v) is 11.6. The molecule has 2 aliphatic rings. The number of aryl methyl sites for hydroxylation is 2. The molecule has 10 atom stereocenters. The van der Waals surface area contributed by atoms with Gasteiger partial charge >= 0.3 is 0 Å². The summed E-state index contributed by atoms with van der Waals surface area (Å²) < 4.78 is 12.1. The number of ether oxygens (including phenoxy) is 2. The third kappa shape index (κ3) is 5.44. The highest BCUT2D eigenvalue weighted by atomic mass is 16.6. The Bertz CT molecular complexity index is 743. The van der Waals surface area contributed by atoms with Crippen molar-refractivity contribution in [1.82, 2.24) is 0 Å². The zero-order valence-corrected chi connectivity index (χ0v) is 19.0. The van der Waals surface area contributed by atoms with Crippen LogP contribution in [0.4, 0.5) is 0 Å². The largest absolute Gasteiger partial charge is 0.508 e. The second-order valence-electron chi connectivity index (χ2n) is 9.58. The lowest BCUT2D eigenvalue weighted by molar-refractivity contribution is -0.255. The molecule has 2 fully saturated rings. The number of benzene rings is 1. The fraction of sp³-hybridized carbons (Fsp3) is 0.750. The minimum Gasteiger partial charge on any atom is -0.508 e. The first-order chi connectivity index (χ1) is 15.1. The molecule has 6 N–H and O–H groups in total. The average molecular weight is 455 g/mol. The molecule has 1 aliphatic carbocycles. The number of rotatable bonds is 7. The number of aliphatic hydroxyl groups is 5. The number of hydrogen-bond donors (Lipinski definition) is 6. The summed E-state index contributed by atoms with van der Waals surface area (Å²) in [5, 5.41) is 61.3. The van der Waals surface area contributed by atoms with E-state index in [4.69, 9.17) is 9.47 Å². The van der Waals surface area contributed by atoms with Crippen molar-refractivity contribution >= 4 is 0 Å². The molecule has 1 aliphatic heterocycles. The second kappa shape index (κ2) is 10.8. The van der Waals surface area contributed by atoms with Crippen molar-refractivity contribution in [3.05, 3.63) is 29.3 Å². The first kappa shape index (κ1) is 25.4. The summed E-state index contributed by atoms with van der Waals surface area (Å²) in [5.41, 5.74) is 1.81. The van der Waals surface area contributed by atoms with Gasteiger partial charge in [-0.3, -0.25) is 0 Å². The smallest absolute Gasteiger partial charge is 0.118 e. The van der Waals surface area contributed by atoms with Gasteiger partial charge in [-0.1, -0.05) is 26.0 Å². The van der Waals surface area contributed by atoms with E-state index in [1.54, 1.807) is 13.0 Å². The van der Waals surface area contributed by atoms with Gasteiger partial charge in [0, 0.05) is 5.92 Å². The summed E-state index contributed by atoms with van der Waals surface area (Å²) in [4.78, 5) is 0. The van der Waals surface area contributed by atoms with Crippen molar-refractivity contribution in [3.8, 4) is 5.75 Å². The molecule has 182 valence electrons. The summed E-state index contributed by atoms with van der Waals surface area (Å²) in [5.74, 6) is -0.334. The predicted octanol–water partition coefficient (Wildman–Crippen LogP) is 0.656. The van der Waals surface area contributed by atoms with Crippen LogP contribution in [0.3, 0.4) is 0 Å². The third-order valence-electron chi connectivity index (χ3n) is 7.18. The van der Waals surface area contributed by atoms with Crippen LogP contribution < -0.4 is 0 Å². The van der Waals surface area contributed by atoms with E-state index < -0.39 is 48.8 Å². The number of aliphatic hydroxyl groups excluding tert-OH is 5. The fourth-order valence-corrected chi connectivity index (χ4v) is 4.88. The highest BCUT2D eigenvalue weighted by Crippen LogP contribution is 2.35. The molecule has 10 unspecified atom stereocenters. The molecule has 32 heavy (non-hydrogen) atoms. The highest BCUT2D eigenvalue weighted by Gasteiger charge is 2.48. The lowest BCUT2D eigenvalue weighted by atomic mass is 9.81. The zero-order valence-electron chi connectivity index (χ0n) is 19.0. The van der Waals surface area contributed by atoms with Crippen LogP contribution in [0.2, 0.25) is 0 Å². The summed E-state index contributed by atoms with van der Waals surface area (Å²) in [6.07, 6.45) is -4.78. The molecular weight excluding hydrogens is 416 g/mol. The molecule has 1 aromatic rings. The van der Waals surface area contributed by atoms with Crippen LogP contribution in [0.1, 0.15) is 44.2 Å². The van der Waals surface area contributed by atoms with E-state index in [9.17, 15) is 30.6 Å². The van der Waals surface area contributed by atoms with Gasteiger partial charge in [-0.25, -0.2) is 0 Å². The van der Waals surface area contributed by atoms with E-state index in [-0.39, 0.29) is 24.2 Å². The van der Waals surface area contributed by atoms with Crippen molar-refractivity contribution in [1.29, 1.82) is 0 Å². The molecule has 8 nitrogen and oxygen atoms in total. The Morgan fingerprint density at radius 2 is 1.72 bits per heavy atom. The van der Waals surface area contributed by atoms with Crippen molar-refractivity contribution < 1.29 is 40.1 Å². The van der Waals surface area contributed by atoms with E-state index in [0.717, 1.165) is 11.1 Å². The van der Waals surface area contributed by atoms with E-state index in [2.05, 4.69) is 0 Å². The number of phenols is 1. The van der Waals surface area contributed by atoms with Gasteiger partial charge < -0.3 is 40.1 Å². The van der Waals surface area contributed by atoms with Gasteiger partial charge in [0.2, 0.25) is 0 Å². The molecule has 1 saturated carbocycles. The van der Waals surface area contributed by atoms with Crippen molar-refractivity contribution in [2.24, 2.45) is 11.8 Å². The average Bonchev–Trinajstić information content (AvgIpc) is 2.77. The summed E-state index contributed by atoms with van der Waals surface area (Å²) in [6.45, 7) is 5.22. The molecule has 1 heterocycles. The second-order valence-corrected chi connectivity index (χ2v) is 9.58. The molecule has 1 saturated heterocycles. The molecule has 0 amide bonds. The van der Waals surface area contributed by atoms with Crippen molar-refractivity contribution in [2.75, 3.05) is 6.61 Å². The van der Waals surface area contributed by atoms with E-state index >= 15 is 0 Å². The molecule has 0 radical (unpaired) electrons. The minimum absolute atomic E-state index is 0.221. The van der Waals surface area contributed by atoms with Crippen LogP contribution in [-0.4, -0.2) is 86.1 Å². The molecule has 1 aromatic carbocycles. The van der Waals surface area contributed by atoms with Crippen molar-refractivity contribution in [2.45, 2.75) is 95.3 Å². The van der Waals surface area contributed by atoms with Crippen molar-refractivity contribution in [3.63, 3.8) is 0 Å². The topological polar surface area (TPSA) is 140 Å². The number of phenolic OH excluding ortho intramolecular Hbond substituents is 1. The Morgan fingerprint density at radius 3 is 2.38 bits per heavy atom. The summed E-state index contributed by atoms with van der Waals surface area (Å²) in [7, 11) is 0. The van der Waals surface area contributed by atoms with Crippen LogP contribution in [0.5, 0.6) is 5.75 Å². The number of aromatic hydroxyl groups is 1. The van der Waals surface area contributed by atoms with Crippen LogP contribution in [0.15, 0.2) is 18.2 Å². The van der Waals surface area contributed by atoms with Crippen LogP contribution in [-0.2, 0) is 15.9 Å². The Balaban J connectivity index is 1.64. The predicted molar refractivity (Wildman–Crippen MR) is 117 cm³/mol. The Kier molecular flexibility index (Phi) is 8.54.